The zero-order chi connectivity index (χ0) is 12.1. The zero-order valence-electron chi connectivity index (χ0n) is 10.8. The molecule has 3 nitrogen and oxygen atoms in total. The van der Waals surface area contributed by atoms with Gasteiger partial charge in [0.05, 0.1) is 10.7 Å². The summed E-state index contributed by atoms with van der Waals surface area (Å²) in [5, 5.41) is 4.69. The Morgan fingerprint density at radius 2 is 2.06 bits per heavy atom. The van der Waals surface area contributed by atoms with Gasteiger partial charge < -0.3 is 10.1 Å². The summed E-state index contributed by atoms with van der Waals surface area (Å²) < 4.78 is 5.07. The molecule has 2 atom stereocenters. The predicted molar refractivity (Wildman–Crippen MR) is 69.1 cm³/mol. The highest BCUT2D eigenvalue weighted by Crippen LogP contribution is 2.22. The third-order valence-electron chi connectivity index (χ3n) is 2.64. The summed E-state index contributed by atoms with van der Waals surface area (Å²) in [5.74, 6) is 0. The molecule has 1 heterocycles. The van der Waals surface area contributed by atoms with E-state index in [1.165, 1.54) is 10.6 Å². The number of methoxy groups -OCH3 is 1. The van der Waals surface area contributed by atoms with Gasteiger partial charge in [0.1, 0.15) is 0 Å². The molecule has 0 saturated carbocycles. The van der Waals surface area contributed by atoms with Crippen molar-refractivity contribution in [1.82, 2.24) is 10.3 Å². The first-order valence-corrected chi connectivity index (χ1v) is 6.55. The van der Waals surface area contributed by atoms with Gasteiger partial charge in [0.2, 0.25) is 0 Å². The van der Waals surface area contributed by atoms with Crippen LogP contribution in [0.1, 0.15) is 41.9 Å². The van der Waals surface area contributed by atoms with E-state index in [9.17, 15) is 0 Å². The first-order chi connectivity index (χ1) is 7.54. The monoisotopic (exact) mass is 242 g/mol. The molecule has 0 radical (unpaired) electrons. The van der Waals surface area contributed by atoms with Crippen LogP contribution in [0, 0.1) is 13.8 Å². The minimum atomic E-state index is 0.316. The van der Waals surface area contributed by atoms with Gasteiger partial charge in [-0.15, -0.1) is 11.3 Å². The number of rotatable bonds is 6. The molecule has 0 bridgehead atoms. The van der Waals surface area contributed by atoms with E-state index in [2.05, 4.69) is 38.0 Å². The molecule has 0 aromatic carbocycles. The molecular weight excluding hydrogens is 220 g/mol. The van der Waals surface area contributed by atoms with Gasteiger partial charge in [0, 0.05) is 30.7 Å². The fourth-order valence-electron chi connectivity index (χ4n) is 1.83. The van der Waals surface area contributed by atoms with Crippen LogP contribution in [0.5, 0.6) is 0 Å². The third kappa shape index (κ3) is 3.85. The van der Waals surface area contributed by atoms with Gasteiger partial charge in [0.15, 0.2) is 0 Å². The van der Waals surface area contributed by atoms with Crippen molar-refractivity contribution in [3.8, 4) is 0 Å². The lowest BCUT2D eigenvalue weighted by Gasteiger charge is -2.19. The van der Waals surface area contributed by atoms with Crippen LogP contribution in [-0.2, 0) is 4.74 Å². The Morgan fingerprint density at radius 3 is 2.56 bits per heavy atom. The largest absolute Gasteiger partial charge is 0.385 e. The van der Waals surface area contributed by atoms with Crippen LogP contribution < -0.4 is 5.32 Å². The van der Waals surface area contributed by atoms with Gasteiger partial charge in [-0.3, -0.25) is 0 Å². The van der Waals surface area contributed by atoms with E-state index in [0.29, 0.717) is 12.1 Å². The van der Waals surface area contributed by atoms with E-state index in [-0.39, 0.29) is 0 Å². The van der Waals surface area contributed by atoms with Crippen molar-refractivity contribution < 1.29 is 4.74 Å². The van der Waals surface area contributed by atoms with E-state index >= 15 is 0 Å². The lowest BCUT2D eigenvalue weighted by atomic mass is 10.1. The van der Waals surface area contributed by atoms with Crippen molar-refractivity contribution in [1.29, 1.82) is 0 Å². The van der Waals surface area contributed by atoms with Crippen molar-refractivity contribution >= 4 is 11.3 Å². The van der Waals surface area contributed by atoms with Gasteiger partial charge in [-0.2, -0.15) is 0 Å². The molecular formula is C12H22N2OS. The number of ether oxygens (including phenoxy) is 1. The number of hydrogen-bond acceptors (Lipinski definition) is 4. The molecule has 1 aromatic heterocycles. The molecule has 0 saturated heterocycles. The molecule has 0 spiro atoms. The molecule has 0 aliphatic heterocycles. The van der Waals surface area contributed by atoms with Crippen molar-refractivity contribution in [2.75, 3.05) is 13.7 Å². The maximum Gasteiger partial charge on any atom is 0.0900 e. The smallest absolute Gasteiger partial charge is 0.0900 e. The highest BCUT2D eigenvalue weighted by atomic mass is 32.1. The SMILES string of the molecule is COCCC(C)NC(C)c1nc(C)sc1C. The molecule has 4 heteroatoms. The molecule has 2 unspecified atom stereocenters. The summed E-state index contributed by atoms with van der Waals surface area (Å²) in [7, 11) is 1.74. The van der Waals surface area contributed by atoms with Crippen molar-refractivity contribution in [2.24, 2.45) is 0 Å². The Kier molecular flexibility index (Phi) is 5.38. The number of nitrogens with zero attached hydrogens (tertiary/aromatic N) is 1. The zero-order valence-corrected chi connectivity index (χ0v) is 11.6. The maximum atomic E-state index is 5.07. The number of nitrogens with one attached hydrogen (secondary N) is 1. The van der Waals surface area contributed by atoms with Crippen LogP contribution in [0.2, 0.25) is 0 Å². The molecule has 0 aliphatic carbocycles. The molecule has 0 amide bonds. The van der Waals surface area contributed by atoms with Gasteiger partial charge in [-0.05, 0) is 34.1 Å². The second-order valence-electron chi connectivity index (χ2n) is 4.25. The van der Waals surface area contributed by atoms with Gasteiger partial charge in [-0.1, -0.05) is 0 Å². The van der Waals surface area contributed by atoms with Crippen LogP contribution in [0.3, 0.4) is 0 Å². The second-order valence-corrected chi connectivity index (χ2v) is 5.65. The van der Waals surface area contributed by atoms with Gasteiger partial charge >= 0.3 is 0 Å². The fourth-order valence-corrected chi connectivity index (χ4v) is 2.74. The van der Waals surface area contributed by atoms with Crippen LogP contribution in [0.15, 0.2) is 0 Å². The summed E-state index contributed by atoms with van der Waals surface area (Å²) in [6.45, 7) is 9.35. The minimum absolute atomic E-state index is 0.316. The third-order valence-corrected chi connectivity index (χ3v) is 3.54. The molecule has 16 heavy (non-hydrogen) atoms. The Balaban J connectivity index is 2.51. The summed E-state index contributed by atoms with van der Waals surface area (Å²) in [6.07, 6.45) is 1.03. The Morgan fingerprint density at radius 1 is 1.38 bits per heavy atom. The first kappa shape index (κ1) is 13.6. The van der Waals surface area contributed by atoms with E-state index in [1.807, 2.05) is 0 Å². The van der Waals surface area contributed by atoms with Gasteiger partial charge in [0.25, 0.3) is 0 Å². The average Bonchev–Trinajstić information content (AvgIpc) is 2.54. The lowest BCUT2D eigenvalue weighted by molar-refractivity contribution is 0.183. The molecule has 1 aromatic rings. The van der Waals surface area contributed by atoms with E-state index in [4.69, 9.17) is 4.74 Å². The van der Waals surface area contributed by atoms with Crippen LogP contribution in [0.4, 0.5) is 0 Å². The van der Waals surface area contributed by atoms with E-state index in [0.717, 1.165) is 18.0 Å². The van der Waals surface area contributed by atoms with Crippen LogP contribution in [0.25, 0.3) is 0 Å². The second kappa shape index (κ2) is 6.33. The van der Waals surface area contributed by atoms with Crippen LogP contribution in [-0.4, -0.2) is 24.7 Å². The van der Waals surface area contributed by atoms with Crippen LogP contribution >= 0.6 is 11.3 Å². The topological polar surface area (TPSA) is 34.1 Å². The standard InChI is InChI=1S/C12H22N2OS/c1-8(6-7-15-5)13-9(2)12-10(3)16-11(4)14-12/h8-9,13H,6-7H2,1-5H3. The summed E-state index contributed by atoms with van der Waals surface area (Å²) in [4.78, 5) is 5.88. The van der Waals surface area contributed by atoms with Gasteiger partial charge in [-0.25, -0.2) is 4.98 Å². The Bertz CT molecular complexity index is 325. The van der Waals surface area contributed by atoms with E-state index < -0.39 is 0 Å². The van der Waals surface area contributed by atoms with Crippen molar-refractivity contribution in [3.05, 3.63) is 15.6 Å². The fraction of sp³-hybridized carbons (Fsp3) is 0.750. The predicted octanol–water partition coefficient (Wildman–Crippen LogP) is 2.84. The number of thiazole rings is 1. The summed E-state index contributed by atoms with van der Waals surface area (Å²) in [6, 6.07) is 0.771. The quantitative estimate of drug-likeness (QED) is 0.833. The summed E-state index contributed by atoms with van der Waals surface area (Å²) >= 11 is 1.77. The molecule has 1 N–H and O–H groups in total. The molecule has 0 fully saturated rings. The Hall–Kier alpha value is -0.450. The first-order valence-electron chi connectivity index (χ1n) is 5.73. The molecule has 92 valence electrons. The van der Waals surface area contributed by atoms with E-state index in [1.54, 1.807) is 18.4 Å². The lowest BCUT2D eigenvalue weighted by Crippen LogP contribution is -2.30. The molecule has 1 rings (SSSR count). The highest BCUT2D eigenvalue weighted by Gasteiger charge is 2.14. The van der Waals surface area contributed by atoms with Crippen molar-refractivity contribution in [2.45, 2.75) is 46.2 Å². The van der Waals surface area contributed by atoms with Crippen molar-refractivity contribution in [3.63, 3.8) is 0 Å². The Labute approximate surface area is 102 Å². The average molecular weight is 242 g/mol. The highest BCUT2D eigenvalue weighted by molar-refractivity contribution is 7.11. The number of hydrogen-bond donors (Lipinski definition) is 1. The maximum absolute atomic E-state index is 5.07. The number of aryl methyl sites for hydroxylation is 2. The number of aromatic nitrogens is 1. The normalized spacial score (nSPS) is 15.1. The summed E-state index contributed by atoms with van der Waals surface area (Å²) in [5.41, 5.74) is 1.19. The molecule has 0 aliphatic rings. The minimum Gasteiger partial charge on any atom is -0.385 e.